The highest BCUT2D eigenvalue weighted by molar-refractivity contribution is 5.62. The van der Waals surface area contributed by atoms with Crippen molar-refractivity contribution in [2.75, 3.05) is 0 Å². The van der Waals surface area contributed by atoms with Crippen molar-refractivity contribution in [2.24, 2.45) is 0 Å². The summed E-state index contributed by atoms with van der Waals surface area (Å²) in [5.74, 6) is 0. The van der Waals surface area contributed by atoms with Gasteiger partial charge in [0.15, 0.2) is 0 Å². The van der Waals surface area contributed by atoms with Crippen LogP contribution < -0.4 is 5.48 Å². The lowest BCUT2D eigenvalue weighted by molar-refractivity contribution is -0.497. The van der Waals surface area contributed by atoms with Crippen molar-refractivity contribution in [3.05, 3.63) is 53.4 Å². The lowest BCUT2D eigenvalue weighted by atomic mass is 10.1. The molecule has 2 N–H and O–H groups in total. The van der Waals surface area contributed by atoms with Crippen LogP contribution in [0, 0.1) is 12.1 Å². The van der Waals surface area contributed by atoms with Crippen molar-refractivity contribution >= 4 is 5.69 Å². The maximum absolute atomic E-state index is 10.6. The zero-order chi connectivity index (χ0) is 10.7. The van der Waals surface area contributed by atoms with Gasteiger partial charge in [-0.05, 0) is 24.6 Å². The van der Waals surface area contributed by atoms with E-state index in [2.05, 4.69) is 4.98 Å². The van der Waals surface area contributed by atoms with Crippen LogP contribution in [0.25, 0.3) is 11.3 Å². The van der Waals surface area contributed by atoms with E-state index in [0.29, 0.717) is 5.69 Å². The van der Waals surface area contributed by atoms with Crippen molar-refractivity contribution in [2.45, 2.75) is 6.92 Å². The smallest absolute Gasteiger partial charge is 0.130 e. The molecule has 1 aromatic heterocycles. The standard InChI is InChI=1S/C12H12N2O/c1-9-5-6-12(13-8-9)10-3-2-4-11(7-10)14-15/h2-8H,14H2,1H3. The Bertz CT molecular complexity index is 451. The molecule has 0 saturated carbocycles. The monoisotopic (exact) mass is 200 g/mol. The zero-order valence-corrected chi connectivity index (χ0v) is 8.47. The maximum atomic E-state index is 10.6. The lowest BCUT2D eigenvalue weighted by Gasteiger charge is -2.04. The van der Waals surface area contributed by atoms with Gasteiger partial charge in [0.1, 0.15) is 5.69 Å². The molecule has 0 atom stereocenters. The normalized spacial score (nSPS) is 10.3. The molecule has 1 aromatic carbocycles. The number of hydrogen-bond donors (Lipinski definition) is 1. The molecule has 0 amide bonds. The number of aryl methyl sites for hydroxylation is 1. The molecular formula is C12H12N2O. The zero-order valence-electron chi connectivity index (χ0n) is 8.47. The molecule has 76 valence electrons. The van der Waals surface area contributed by atoms with Crippen LogP contribution in [0.1, 0.15) is 5.56 Å². The third kappa shape index (κ3) is 2.21. The van der Waals surface area contributed by atoms with Crippen LogP contribution in [-0.4, -0.2) is 4.98 Å². The highest BCUT2D eigenvalue weighted by Gasteiger charge is 2.00. The second-order valence-electron chi connectivity index (χ2n) is 3.46. The number of aromatic nitrogens is 1. The Morgan fingerprint density at radius 2 is 2.07 bits per heavy atom. The predicted octanol–water partition coefficient (Wildman–Crippen LogP) is 1.75. The van der Waals surface area contributed by atoms with Crippen LogP contribution in [0.3, 0.4) is 0 Å². The molecule has 2 rings (SSSR count). The summed E-state index contributed by atoms with van der Waals surface area (Å²) in [6.45, 7) is 2.00. The summed E-state index contributed by atoms with van der Waals surface area (Å²) in [5, 5.41) is 10.6. The van der Waals surface area contributed by atoms with Gasteiger partial charge >= 0.3 is 0 Å². The number of nitrogens with zero attached hydrogens (tertiary/aromatic N) is 1. The molecular weight excluding hydrogens is 188 g/mol. The summed E-state index contributed by atoms with van der Waals surface area (Å²) in [4.78, 5) is 4.31. The van der Waals surface area contributed by atoms with Crippen molar-refractivity contribution in [1.82, 2.24) is 4.98 Å². The molecule has 0 aliphatic rings. The van der Waals surface area contributed by atoms with Gasteiger partial charge in [-0.25, -0.2) is 0 Å². The van der Waals surface area contributed by atoms with Crippen molar-refractivity contribution in [1.29, 1.82) is 0 Å². The SMILES string of the molecule is Cc1ccc(-c2cccc([NH2+][O-])c2)nc1. The van der Waals surface area contributed by atoms with E-state index in [1.54, 1.807) is 6.07 Å². The maximum Gasteiger partial charge on any atom is 0.130 e. The fraction of sp³-hybridized carbons (Fsp3) is 0.0833. The van der Waals surface area contributed by atoms with Crippen LogP contribution in [-0.2, 0) is 0 Å². The molecule has 15 heavy (non-hydrogen) atoms. The molecule has 3 heteroatoms. The largest absolute Gasteiger partial charge is 0.630 e. The van der Waals surface area contributed by atoms with Gasteiger partial charge in [0.05, 0.1) is 5.69 Å². The van der Waals surface area contributed by atoms with Gasteiger partial charge in [0, 0.05) is 17.8 Å². The molecule has 0 aliphatic carbocycles. The molecule has 2 aromatic rings. The summed E-state index contributed by atoms with van der Waals surface area (Å²) >= 11 is 0. The van der Waals surface area contributed by atoms with Gasteiger partial charge in [-0.2, -0.15) is 0 Å². The van der Waals surface area contributed by atoms with E-state index in [4.69, 9.17) is 0 Å². The summed E-state index contributed by atoms with van der Waals surface area (Å²) in [6, 6.07) is 11.4. The number of quaternary nitrogens is 1. The van der Waals surface area contributed by atoms with Gasteiger partial charge in [0.25, 0.3) is 0 Å². The Balaban J connectivity index is 2.40. The fourth-order valence-electron chi connectivity index (χ4n) is 1.41. The van der Waals surface area contributed by atoms with Crippen molar-refractivity contribution in [3.63, 3.8) is 0 Å². The first-order valence-corrected chi connectivity index (χ1v) is 4.78. The molecule has 0 saturated heterocycles. The minimum absolute atomic E-state index is 0.676. The van der Waals surface area contributed by atoms with Crippen LogP contribution in [0.2, 0.25) is 0 Å². The topological polar surface area (TPSA) is 52.6 Å². The first-order chi connectivity index (χ1) is 7.29. The number of benzene rings is 1. The summed E-state index contributed by atoms with van der Waals surface area (Å²) < 4.78 is 0. The molecule has 0 unspecified atom stereocenters. The van der Waals surface area contributed by atoms with Gasteiger partial charge in [-0.15, -0.1) is 0 Å². The second-order valence-corrected chi connectivity index (χ2v) is 3.46. The molecule has 0 radical (unpaired) electrons. The minimum Gasteiger partial charge on any atom is -0.630 e. The number of hydrogen-bond acceptors (Lipinski definition) is 2. The Morgan fingerprint density at radius 3 is 2.73 bits per heavy atom. The van der Waals surface area contributed by atoms with Gasteiger partial charge in [-0.3, -0.25) is 4.98 Å². The van der Waals surface area contributed by atoms with Gasteiger partial charge in [0.2, 0.25) is 0 Å². The van der Waals surface area contributed by atoms with E-state index in [1.165, 1.54) is 0 Å². The third-order valence-corrected chi connectivity index (χ3v) is 2.23. The van der Waals surface area contributed by atoms with E-state index in [1.807, 2.05) is 43.5 Å². The first kappa shape index (κ1) is 9.83. The lowest BCUT2D eigenvalue weighted by Crippen LogP contribution is -2.70. The van der Waals surface area contributed by atoms with Crippen molar-refractivity contribution in [3.8, 4) is 11.3 Å². The number of pyridine rings is 1. The molecule has 1 heterocycles. The summed E-state index contributed by atoms with van der Waals surface area (Å²) in [6.07, 6.45) is 1.82. The molecule has 3 nitrogen and oxygen atoms in total. The number of rotatable bonds is 2. The van der Waals surface area contributed by atoms with Crippen LogP contribution in [0.5, 0.6) is 0 Å². The minimum atomic E-state index is 0.676. The average Bonchev–Trinajstić information content (AvgIpc) is 2.30. The number of nitrogens with two attached hydrogens (primary N) is 1. The Kier molecular flexibility index (Phi) is 2.76. The first-order valence-electron chi connectivity index (χ1n) is 4.78. The van der Waals surface area contributed by atoms with Crippen LogP contribution >= 0.6 is 0 Å². The highest BCUT2D eigenvalue weighted by Crippen LogP contribution is 2.18. The van der Waals surface area contributed by atoms with Crippen molar-refractivity contribution < 1.29 is 5.48 Å². The van der Waals surface area contributed by atoms with Crippen LogP contribution in [0.15, 0.2) is 42.6 Å². The Labute approximate surface area is 88.4 Å². The van der Waals surface area contributed by atoms with E-state index in [-0.39, 0.29) is 0 Å². The molecule has 0 aliphatic heterocycles. The second kappa shape index (κ2) is 4.21. The molecule has 0 fully saturated rings. The third-order valence-electron chi connectivity index (χ3n) is 2.23. The van der Waals surface area contributed by atoms with E-state index >= 15 is 0 Å². The predicted molar refractivity (Wildman–Crippen MR) is 59.4 cm³/mol. The summed E-state index contributed by atoms with van der Waals surface area (Å²) in [7, 11) is 0. The quantitative estimate of drug-likeness (QED) is 0.593. The average molecular weight is 200 g/mol. The molecule has 0 spiro atoms. The van der Waals surface area contributed by atoms with E-state index in [0.717, 1.165) is 22.3 Å². The molecule has 0 bridgehead atoms. The van der Waals surface area contributed by atoms with E-state index in [9.17, 15) is 5.21 Å². The highest BCUT2D eigenvalue weighted by atomic mass is 16.5. The van der Waals surface area contributed by atoms with Gasteiger partial charge in [-0.1, -0.05) is 18.2 Å². The fourth-order valence-corrected chi connectivity index (χ4v) is 1.41. The van der Waals surface area contributed by atoms with Gasteiger partial charge < -0.3 is 10.7 Å². The van der Waals surface area contributed by atoms with E-state index < -0.39 is 0 Å². The Hall–Kier alpha value is -1.71. The summed E-state index contributed by atoms with van der Waals surface area (Å²) in [5.41, 5.74) is 4.52. The van der Waals surface area contributed by atoms with Crippen LogP contribution in [0.4, 0.5) is 5.69 Å². The Morgan fingerprint density at radius 1 is 1.20 bits per heavy atom.